The summed E-state index contributed by atoms with van der Waals surface area (Å²) < 4.78 is 0. The van der Waals surface area contributed by atoms with E-state index in [4.69, 9.17) is 34.1 Å². The summed E-state index contributed by atoms with van der Waals surface area (Å²) in [5, 5.41) is 16.1. The molecule has 1 aliphatic rings. The Labute approximate surface area is 116 Å². The molecule has 1 aliphatic carbocycles. The number of anilines is 1. The second-order valence-corrected chi connectivity index (χ2v) is 5.59. The number of rotatable bonds is 5. The molecule has 1 saturated carbocycles. The van der Waals surface area contributed by atoms with Crippen LogP contribution < -0.4 is 11.1 Å². The quantitative estimate of drug-likeness (QED) is 0.337. The summed E-state index contributed by atoms with van der Waals surface area (Å²) in [6, 6.07) is 5.34. The first-order chi connectivity index (χ1) is 8.54. The Bertz CT molecular complexity index is 472. The monoisotopic (exact) mass is 287 g/mol. The highest BCUT2D eigenvalue weighted by Crippen LogP contribution is 2.49. The Morgan fingerprint density at radius 1 is 1.44 bits per heavy atom. The third-order valence-corrected chi connectivity index (χ3v) is 3.77. The molecule has 0 heterocycles. The van der Waals surface area contributed by atoms with Gasteiger partial charge in [-0.15, -0.1) is 0 Å². The van der Waals surface area contributed by atoms with Gasteiger partial charge in [-0.1, -0.05) is 28.4 Å². The van der Waals surface area contributed by atoms with Gasteiger partial charge in [0.05, 0.1) is 10.7 Å². The first-order valence-electron chi connectivity index (χ1n) is 5.70. The maximum Gasteiger partial charge on any atom is 0.139 e. The number of benzene rings is 1. The number of hydrogen-bond acceptors (Lipinski definition) is 3. The predicted octanol–water partition coefficient (Wildman–Crippen LogP) is 3.32. The van der Waals surface area contributed by atoms with Crippen molar-refractivity contribution >= 4 is 34.7 Å². The number of oxime groups is 1. The van der Waals surface area contributed by atoms with Gasteiger partial charge in [0, 0.05) is 18.0 Å². The van der Waals surface area contributed by atoms with Crippen LogP contribution >= 0.6 is 23.2 Å². The van der Waals surface area contributed by atoms with Gasteiger partial charge >= 0.3 is 0 Å². The third-order valence-electron chi connectivity index (χ3n) is 3.23. The molecule has 0 saturated heterocycles. The minimum Gasteiger partial charge on any atom is -0.409 e. The van der Waals surface area contributed by atoms with Crippen molar-refractivity contribution in [3.05, 3.63) is 28.2 Å². The average Bonchev–Trinajstić information content (AvgIpc) is 3.08. The molecular formula is C12H15Cl2N3O. The summed E-state index contributed by atoms with van der Waals surface area (Å²) in [7, 11) is 0. The van der Waals surface area contributed by atoms with Crippen LogP contribution in [0.4, 0.5) is 5.69 Å². The average molecular weight is 288 g/mol. The molecule has 98 valence electrons. The fourth-order valence-corrected chi connectivity index (χ4v) is 2.40. The standard InChI is InChI=1S/C12H15Cl2N3O/c13-8-1-2-10(9(14)5-8)16-7-12(3-4-12)6-11(15)17-18/h1-2,5,16,18H,3-4,6-7H2,(H2,15,17). The molecule has 1 aromatic carbocycles. The van der Waals surface area contributed by atoms with Gasteiger partial charge in [0.2, 0.25) is 0 Å². The highest BCUT2D eigenvalue weighted by molar-refractivity contribution is 6.36. The predicted molar refractivity (Wildman–Crippen MR) is 74.6 cm³/mol. The molecule has 4 nitrogen and oxygen atoms in total. The lowest BCUT2D eigenvalue weighted by molar-refractivity contribution is 0.315. The van der Waals surface area contributed by atoms with Crippen molar-refractivity contribution in [1.29, 1.82) is 0 Å². The van der Waals surface area contributed by atoms with E-state index in [0.29, 0.717) is 16.5 Å². The van der Waals surface area contributed by atoms with Gasteiger partial charge in [-0.25, -0.2) is 0 Å². The Morgan fingerprint density at radius 3 is 2.72 bits per heavy atom. The van der Waals surface area contributed by atoms with Crippen LogP contribution in [0.15, 0.2) is 23.4 Å². The molecule has 1 fully saturated rings. The van der Waals surface area contributed by atoms with E-state index in [1.165, 1.54) is 0 Å². The van der Waals surface area contributed by atoms with Crippen LogP contribution in [0.2, 0.25) is 10.0 Å². The zero-order chi connectivity index (χ0) is 13.2. The van der Waals surface area contributed by atoms with Gasteiger partial charge in [0.15, 0.2) is 0 Å². The van der Waals surface area contributed by atoms with Crippen molar-refractivity contribution in [3.63, 3.8) is 0 Å². The number of nitrogens with one attached hydrogen (secondary N) is 1. The maximum absolute atomic E-state index is 8.59. The lowest BCUT2D eigenvalue weighted by atomic mass is 10.0. The SMILES string of the molecule is NC(CC1(CNc2ccc(Cl)cc2Cl)CC1)=NO. The Hall–Kier alpha value is -1.13. The fourth-order valence-electron chi connectivity index (χ4n) is 1.93. The molecule has 0 bridgehead atoms. The molecule has 0 aliphatic heterocycles. The normalized spacial score (nSPS) is 17.6. The van der Waals surface area contributed by atoms with E-state index in [2.05, 4.69) is 10.5 Å². The zero-order valence-corrected chi connectivity index (χ0v) is 11.3. The molecule has 0 spiro atoms. The molecule has 0 atom stereocenters. The lowest BCUT2D eigenvalue weighted by Gasteiger charge is -2.16. The first-order valence-corrected chi connectivity index (χ1v) is 6.46. The van der Waals surface area contributed by atoms with E-state index in [0.717, 1.165) is 25.1 Å². The van der Waals surface area contributed by atoms with E-state index in [-0.39, 0.29) is 11.3 Å². The van der Waals surface area contributed by atoms with Gasteiger partial charge in [-0.2, -0.15) is 0 Å². The van der Waals surface area contributed by atoms with Crippen LogP contribution in [0, 0.1) is 5.41 Å². The molecule has 0 radical (unpaired) electrons. The lowest BCUT2D eigenvalue weighted by Crippen LogP contribution is -2.23. The fraction of sp³-hybridized carbons (Fsp3) is 0.417. The van der Waals surface area contributed by atoms with Crippen molar-refractivity contribution in [2.45, 2.75) is 19.3 Å². The highest BCUT2D eigenvalue weighted by Gasteiger charge is 2.43. The Balaban J connectivity index is 1.95. The zero-order valence-electron chi connectivity index (χ0n) is 9.79. The summed E-state index contributed by atoms with van der Waals surface area (Å²) in [4.78, 5) is 0. The first kappa shape index (κ1) is 13.3. The Morgan fingerprint density at radius 2 is 2.17 bits per heavy atom. The van der Waals surface area contributed by atoms with Crippen LogP contribution in [0.5, 0.6) is 0 Å². The summed E-state index contributed by atoms with van der Waals surface area (Å²) in [6.07, 6.45) is 2.74. The molecule has 2 rings (SSSR count). The number of amidine groups is 1. The van der Waals surface area contributed by atoms with E-state index in [1.54, 1.807) is 12.1 Å². The van der Waals surface area contributed by atoms with Gasteiger partial charge in [0.1, 0.15) is 5.84 Å². The number of nitrogens with two attached hydrogens (primary N) is 1. The van der Waals surface area contributed by atoms with E-state index in [9.17, 15) is 0 Å². The second kappa shape index (κ2) is 5.24. The van der Waals surface area contributed by atoms with Gasteiger partial charge < -0.3 is 16.3 Å². The molecule has 0 amide bonds. The van der Waals surface area contributed by atoms with Crippen LogP contribution in [0.1, 0.15) is 19.3 Å². The topological polar surface area (TPSA) is 70.6 Å². The van der Waals surface area contributed by atoms with Crippen molar-refractivity contribution in [2.24, 2.45) is 16.3 Å². The molecule has 1 aromatic rings. The van der Waals surface area contributed by atoms with Crippen LogP contribution in [-0.4, -0.2) is 17.6 Å². The van der Waals surface area contributed by atoms with Gasteiger partial charge in [-0.05, 0) is 36.5 Å². The number of halogens is 2. The number of hydrogen-bond donors (Lipinski definition) is 3. The van der Waals surface area contributed by atoms with Gasteiger partial charge in [-0.3, -0.25) is 0 Å². The smallest absolute Gasteiger partial charge is 0.139 e. The van der Waals surface area contributed by atoms with Crippen LogP contribution in [-0.2, 0) is 0 Å². The molecule has 6 heteroatoms. The number of nitrogens with zero attached hydrogens (tertiary/aromatic N) is 1. The van der Waals surface area contributed by atoms with Crippen LogP contribution in [0.3, 0.4) is 0 Å². The van der Waals surface area contributed by atoms with E-state index < -0.39 is 0 Å². The van der Waals surface area contributed by atoms with Crippen LogP contribution in [0.25, 0.3) is 0 Å². The molecular weight excluding hydrogens is 273 g/mol. The molecule has 0 aromatic heterocycles. The minimum absolute atomic E-state index is 0.0965. The van der Waals surface area contributed by atoms with Gasteiger partial charge in [0.25, 0.3) is 0 Å². The Kier molecular flexibility index (Phi) is 3.88. The van der Waals surface area contributed by atoms with E-state index >= 15 is 0 Å². The minimum atomic E-state index is 0.0965. The molecule has 0 unspecified atom stereocenters. The molecule has 18 heavy (non-hydrogen) atoms. The van der Waals surface area contributed by atoms with Crippen molar-refractivity contribution in [2.75, 3.05) is 11.9 Å². The largest absolute Gasteiger partial charge is 0.409 e. The third kappa shape index (κ3) is 3.21. The van der Waals surface area contributed by atoms with Crippen molar-refractivity contribution < 1.29 is 5.21 Å². The summed E-state index contributed by atoms with van der Waals surface area (Å²) in [5.74, 6) is 0.275. The summed E-state index contributed by atoms with van der Waals surface area (Å²) >= 11 is 11.9. The highest BCUT2D eigenvalue weighted by atomic mass is 35.5. The second-order valence-electron chi connectivity index (χ2n) is 4.75. The summed E-state index contributed by atoms with van der Waals surface area (Å²) in [6.45, 7) is 0.755. The van der Waals surface area contributed by atoms with Crippen molar-refractivity contribution in [1.82, 2.24) is 0 Å². The van der Waals surface area contributed by atoms with E-state index in [1.807, 2.05) is 6.07 Å². The van der Waals surface area contributed by atoms with Crippen molar-refractivity contribution in [3.8, 4) is 0 Å². The molecule has 4 N–H and O–H groups in total. The maximum atomic E-state index is 8.59. The summed E-state index contributed by atoms with van der Waals surface area (Å²) in [5.41, 5.74) is 6.50.